The van der Waals surface area contributed by atoms with Gasteiger partial charge in [0.2, 0.25) is 5.91 Å². The molecule has 0 aliphatic carbocycles. The average Bonchev–Trinajstić information content (AvgIpc) is 2.72. The highest BCUT2D eigenvalue weighted by Gasteiger charge is 2.36. The number of aromatic nitrogens is 2. The fourth-order valence-electron chi connectivity index (χ4n) is 1.92. The molecular weight excluding hydrogens is 246 g/mol. The zero-order valence-corrected chi connectivity index (χ0v) is 9.94. The van der Waals surface area contributed by atoms with Crippen LogP contribution in [0.3, 0.4) is 0 Å². The van der Waals surface area contributed by atoms with Crippen molar-refractivity contribution in [1.29, 1.82) is 0 Å². The molecule has 2 atom stereocenters. The van der Waals surface area contributed by atoms with E-state index < -0.39 is 17.4 Å². The summed E-state index contributed by atoms with van der Waals surface area (Å²) in [6.45, 7) is 1.74. The van der Waals surface area contributed by atoms with Gasteiger partial charge in [-0.1, -0.05) is 0 Å². The minimum absolute atomic E-state index is 0.211. The molecule has 1 aromatic heterocycles. The smallest absolute Gasteiger partial charge is 0.326 e. The molecule has 1 aliphatic heterocycles. The highest BCUT2D eigenvalue weighted by molar-refractivity contribution is 6.30. The van der Waals surface area contributed by atoms with Crippen molar-refractivity contribution >= 4 is 23.5 Å². The summed E-state index contributed by atoms with van der Waals surface area (Å²) in [4.78, 5) is 31.2. The lowest BCUT2D eigenvalue weighted by Gasteiger charge is -2.33. The summed E-state index contributed by atoms with van der Waals surface area (Å²) in [7, 11) is 0. The van der Waals surface area contributed by atoms with E-state index >= 15 is 0 Å². The normalized spacial score (nSPS) is 20.8. The standard InChI is InChI=1S/C10H12ClN3O3/c1-5(11)9(15)14-3-7-6(12-4-13-7)2-8(14)10(16)17/h4-5,8H,2-3H2,1H3,(H,12,13)(H,16,17). The number of fused-ring (bicyclic) bond motifs is 1. The first-order valence-electron chi connectivity index (χ1n) is 5.19. The van der Waals surface area contributed by atoms with Crippen LogP contribution in [-0.2, 0) is 22.6 Å². The predicted molar refractivity (Wildman–Crippen MR) is 59.6 cm³/mol. The zero-order valence-electron chi connectivity index (χ0n) is 9.18. The van der Waals surface area contributed by atoms with Gasteiger partial charge in [0.1, 0.15) is 11.4 Å². The quantitative estimate of drug-likeness (QED) is 0.750. The summed E-state index contributed by atoms with van der Waals surface area (Å²) >= 11 is 5.72. The van der Waals surface area contributed by atoms with E-state index in [-0.39, 0.29) is 18.9 Å². The number of carbonyl (C=O) groups is 2. The van der Waals surface area contributed by atoms with Crippen molar-refractivity contribution in [1.82, 2.24) is 14.9 Å². The maximum Gasteiger partial charge on any atom is 0.326 e. The first-order valence-corrected chi connectivity index (χ1v) is 5.63. The predicted octanol–water partition coefficient (Wildman–Crippen LogP) is 0.375. The lowest BCUT2D eigenvalue weighted by atomic mass is 10.0. The van der Waals surface area contributed by atoms with Crippen molar-refractivity contribution in [2.75, 3.05) is 0 Å². The Kier molecular flexibility index (Phi) is 3.06. The van der Waals surface area contributed by atoms with Gasteiger partial charge in [-0.05, 0) is 6.92 Å². The van der Waals surface area contributed by atoms with Crippen molar-refractivity contribution < 1.29 is 14.7 Å². The van der Waals surface area contributed by atoms with Gasteiger partial charge in [-0.25, -0.2) is 9.78 Å². The van der Waals surface area contributed by atoms with Crippen LogP contribution in [0.5, 0.6) is 0 Å². The number of aromatic amines is 1. The molecule has 0 saturated heterocycles. The monoisotopic (exact) mass is 257 g/mol. The van der Waals surface area contributed by atoms with Crippen molar-refractivity contribution in [2.24, 2.45) is 0 Å². The van der Waals surface area contributed by atoms with E-state index in [9.17, 15) is 9.59 Å². The number of hydrogen-bond acceptors (Lipinski definition) is 3. The number of carboxylic acid groups (broad SMARTS) is 1. The molecule has 1 amide bonds. The molecule has 0 spiro atoms. The minimum Gasteiger partial charge on any atom is -0.480 e. The molecule has 6 nitrogen and oxygen atoms in total. The number of H-pyrrole nitrogens is 1. The molecule has 92 valence electrons. The van der Waals surface area contributed by atoms with Crippen molar-refractivity contribution in [3.05, 3.63) is 17.7 Å². The molecule has 7 heteroatoms. The highest BCUT2D eigenvalue weighted by atomic mass is 35.5. The van der Waals surface area contributed by atoms with E-state index in [1.807, 2.05) is 0 Å². The Morgan fingerprint density at radius 2 is 2.41 bits per heavy atom. The molecule has 0 bridgehead atoms. The average molecular weight is 258 g/mol. The van der Waals surface area contributed by atoms with Crippen molar-refractivity contribution in [3.8, 4) is 0 Å². The van der Waals surface area contributed by atoms with E-state index in [2.05, 4.69) is 9.97 Å². The van der Waals surface area contributed by atoms with Gasteiger partial charge >= 0.3 is 5.97 Å². The topological polar surface area (TPSA) is 86.3 Å². The lowest BCUT2D eigenvalue weighted by molar-refractivity contribution is -0.151. The Hall–Kier alpha value is -1.56. The van der Waals surface area contributed by atoms with Crippen LogP contribution in [0.1, 0.15) is 18.3 Å². The van der Waals surface area contributed by atoms with E-state index in [1.54, 1.807) is 0 Å². The number of amides is 1. The lowest BCUT2D eigenvalue weighted by Crippen LogP contribution is -2.50. The summed E-state index contributed by atoms with van der Waals surface area (Å²) in [5, 5.41) is 8.39. The fraction of sp³-hybridized carbons (Fsp3) is 0.500. The van der Waals surface area contributed by atoms with Gasteiger partial charge in [0.25, 0.3) is 0 Å². The van der Waals surface area contributed by atoms with Gasteiger partial charge < -0.3 is 15.0 Å². The van der Waals surface area contributed by atoms with Crippen LogP contribution in [0.2, 0.25) is 0 Å². The number of alkyl halides is 1. The maximum atomic E-state index is 11.8. The molecular formula is C10H12ClN3O3. The summed E-state index contributed by atoms with van der Waals surface area (Å²) < 4.78 is 0. The van der Waals surface area contributed by atoms with Gasteiger partial charge in [0.05, 0.1) is 24.3 Å². The number of nitrogens with zero attached hydrogens (tertiary/aromatic N) is 2. The second-order valence-electron chi connectivity index (χ2n) is 3.97. The number of nitrogens with one attached hydrogen (secondary N) is 1. The van der Waals surface area contributed by atoms with Gasteiger partial charge in [-0.3, -0.25) is 4.79 Å². The first-order chi connectivity index (χ1) is 8.00. The Labute approximate surface area is 103 Å². The van der Waals surface area contributed by atoms with Crippen LogP contribution in [0.4, 0.5) is 0 Å². The summed E-state index contributed by atoms with van der Waals surface area (Å²) in [5.74, 6) is -1.41. The molecule has 2 unspecified atom stereocenters. The van der Waals surface area contributed by atoms with Crippen LogP contribution in [-0.4, -0.2) is 43.3 Å². The van der Waals surface area contributed by atoms with E-state index in [0.717, 1.165) is 5.69 Å². The molecule has 2 heterocycles. The number of rotatable bonds is 2. The highest BCUT2D eigenvalue weighted by Crippen LogP contribution is 2.22. The van der Waals surface area contributed by atoms with Crippen LogP contribution in [0.15, 0.2) is 6.33 Å². The first kappa shape index (κ1) is 11.9. The van der Waals surface area contributed by atoms with Crippen LogP contribution in [0, 0.1) is 0 Å². The number of aliphatic carboxylic acids is 1. The van der Waals surface area contributed by atoms with Crippen molar-refractivity contribution in [2.45, 2.75) is 31.3 Å². The van der Waals surface area contributed by atoms with E-state index in [0.29, 0.717) is 5.69 Å². The number of carbonyl (C=O) groups excluding carboxylic acids is 1. The summed E-state index contributed by atoms with van der Waals surface area (Å²) in [5.41, 5.74) is 1.47. The molecule has 0 saturated carbocycles. The summed E-state index contributed by atoms with van der Waals surface area (Å²) in [6, 6.07) is -0.889. The van der Waals surface area contributed by atoms with Gasteiger partial charge in [0.15, 0.2) is 0 Å². The largest absolute Gasteiger partial charge is 0.480 e. The zero-order chi connectivity index (χ0) is 12.6. The van der Waals surface area contributed by atoms with Gasteiger partial charge in [-0.2, -0.15) is 0 Å². The minimum atomic E-state index is -1.04. The SMILES string of the molecule is CC(Cl)C(=O)N1Cc2[nH]cnc2CC1C(=O)O. The Bertz CT molecular complexity index is 457. The number of carboxylic acids is 1. The molecule has 0 aromatic carbocycles. The third kappa shape index (κ3) is 2.12. The molecule has 1 aliphatic rings. The van der Waals surface area contributed by atoms with Crippen LogP contribution >= 0.6 is 11.6 Å². The van der Waals surface area contributed by atoms with Crippen LogP contribution < -0.4 is 0 Å². The third-order valence-corrected chi connectivity index (χ3v) is 2.99. The van der Waals surface area contributed by atoms with E-state index in [4.69, 9.17) is 16.7 Å². The Balaban J connectivity index is 2.31. The maximum absolute atomic E-state index is 11.8. The molecule has 0 radical (unpaired) electrons. The van der Waals surface area contributed by atoms with Gasteiger partial charge in [0, 0.05) is 6.42 Å². The third-order valence-electron chi connectivity index (χ3n) is 2.81. The Morgan fingerprint density at radius 1 is 1.71 bits per heavy atom. The second-order valence-corrected chi connectivity index (χ2v) is 4.62. The molecule has 2 N–H and O–H groups in total. The van der Waals surface area contributed by atoms with Gasteiger partial charge in [-0.15, -0.1) is 11.6 Å². The fourth-order valence-corrected chi connectivity index (χ4v) is 2.04. The van der Waals surface area contributed by atoms with Crippen LogP contribution in [0.25, 0.3) is 0 Å². The Morgan fingerprint density at radius 3 is 3.00 bits per heavy atom. The number of hydrogen-bond donors (Lipinski definition) is 2. The molecule has 0 fully saturated rings. The van der Waals surface area contributed by atoms with Crippen molar-refractivity contribution in [3.63, 3.8) is 0 Å². The number of imidazole rings is 1. The molecule has 1 aromatic rings. The second kappa shape index (κ2) is 4.37. The number of halogens is 1. The molecule has 2 rings (SSSR count). The van der Waals surface area contributed by atoms with E-state index in [1.165, 1.54) is 18.2 Å². The molecule has 17 heavy (non-hydrogen) atoms. The summed E-state index contributed by atoms with van der Waals surface area (Å²) in [6.07, 6.45) is 1.71.